The van der Waals surface area contributed by atoms with Crippen molar-refractivity contribution in [3.63, 3.8) is 0 Å². The Bertz CT molecular complexity index is 279. The molecule has 1 saturated heterocycles. The Balaban J connectivity index is 2.01. The lowest BCUT2D eigenvalue weighted by atomic mass is 10.1. The molecule has 1 fully saturated rings. The molecule has 13 heavy (non-hydrogen) atoms. The molecule has 0 amide bonds. The maximum absolute atomic E-state index is 3.49. The molecule has 0 radical (unpaired) electrons. The van der Waals surface area contributed by atoms with E-state index in [9.17, 15) is 0 Å². The Hall–Kier alpha value is -1.02. The average Bonchev–Trinajstić information content (AvgIpc) is 2.12. The molecule has 0 atom stereocenters. The first-order valence-electron chi connectivity index (χ1n) is 4.94. The molecule has 2 nitrogen and oxygen atoms in total. The highest BCUT2D eigenvalue weighted by molar-refractivity contribution is 5.47. The lowest BCUT2D eigenvalue weighted by Crippen LogP contribution is -2.51. The van der Waals surface area contributed by atoms with Crippen LogP contribution in [0.15, 0.2) is 24.3 Å². The normalized spacial score (nSPS) is 16.7. The van der Waals surface area contributed by atoms with Crippen molar-refractivity contribution in [2.24, 2.45) is 0 Å². The van der Waals surface area contributed by atoms with Gasteiger partial charge in [-0.1, -0.05) is 19.1 Å². The van der Waals surface area contributed by atoms with E-state index in [0.29, 0.717) is 6.04 Å². The zero-order valence-corrected chi connectivity index (χ0v) is 8.01. The van der Waals surface area contributed by atoms with E-state index < -0.39 is 0 Å². The minimum atomic E-state index is 0.632. The van der Waals surface area contributed by atoms with Crippen LogP contribution in [-0.2, 0) is 6.42 Å². The van der Waals surface area contributed by atoms with Crippen LogP contribution in [0.1, 0.15) is 12.5 Å². The minimum absolute atomic E-state index is 0.632. The number of benzene rings is 1. The van der Waals surface area contributed by atoms with Crippen LogP contribution in [0.5, 0.6) is 0 Å². The lowest BCUT2D eigenvalue weighted by molar-refractivity contribution is 0.472. The molecule has 2 N–H and O–H groups in total. The molecule has 0 unspecified atom stereocenters. The fourth-order valence-electron chi connectivity index (χ4n) is 1.51. The molecule has 1 aromatic rings. The van der Waals surface area contributed by atoms with Crippen LogP contribution in [0.3, 0.4) is 0 Å². The van der Waals surface area contributed by atoms with Crippen molar-refractivity contribution >= 4 is 5.69 Å². The van der Waals surface area contributed by atoms with E-state index in [4.69, 9.17) is 0 Å². The van der Waals surface area contributed by atoms with Crippen molar-refractivity contribution in [3.05, 3.63) is 29.8 Å². The summed E-state index contributed by atoms with van der Waals surface area (Å²) in [5, 5.41) is 6.74. The van der Waals surface area contributed by atoms with Gasteiger partial charge in [-0.2, -0.15) is 0 Å². The van der Waals surface area contributed by atoms with Gasteiger partial charge in [-0.3, -0.25) is 0 Å². The molecular formula is C11H16N2. The number of hydrogen-bond acceptors (Lipinski definition) is 2. The van der Waals surface area contributed by atoms with Gasteiger partial charge in [0.15, 0.2) is 0 Å². The molecule has 2 rings (SSSR count). The number of hydrogen-bond donors (Lipinski definition) is 2. The standard InChI is InChI=1S/C11H16N2/c1-2-9-4-3-5-10(6-9)13-11-7-12-8-11/h3-6,11-13H,2,7-8H2,1H3. The quantitative estimate of drug-likeness (QED) is 0.731. The largest absolute Gasteiger partial charge is 0.380 e. The van der Waals surface area contributed by atoms with E-state index in [2.05, 4.69) is 41.8 Å². The summed E-state index contributed by atoms with van der Waals surface area (Å²) in [6.07, 6.45) is 1.11. The van der Waals surface area contributed by atoms with Crippen LogP contribution < -0.4 is 10.6 Å². The number of anilines is 1. The summed E-state index contributed by atoms with van der Waals surface area (Å²) in [6, 6.07) is 9.29. The Labute approximate surface area is 79.4 Å². The van der Waals surface area contributed by atoms with E-state index in [1.165, 1.54) is 11.3 Å². The summed E-state index contributed by atoms with van der Waals surface area (Å²) in [5.41, 5.74) is 2.66. The first-order chi connectivity index (χ1) is 6.38. The molecule has 0 aromatic heterocycles. The third-order valence-electron chi connectivity index (χ3n) is 2.49. The molecule has 2 heteroatoms. The van der Waals surface area contributed by atoms with Gasteiger partial charge < -0.3 is 10.6 Å². The second kappa shape index (κ2) is 3.79. The maximum Gasteiger partial charge on any atom is 0.0510 e. The average molecular weight is 176 g/mol. The zero-order valence-electron chi connectivity index (χ0n) is 8.01. The van der Waals surface area contributed by atoms with Crippen molar-refractivity contribution in [1.82, 2.24) is 5.32 Å². The van der Waals surface area contributed by atoms with Crippen LogP contribution in [0, 0.1) is 0 Å². The van der Waals surface area contributed by atoms with Gasteiger partial charge in [0.25, 0.3) is 0 Å². The number of aryl methyl sites for hydroxylation is 1. The van der Waals surface area contributed by atoms with Gasteiger partial charge in [-0.05, 0) is 24.1 Å². The Kier molecular flexibility index (Phi) is 2.50. The summed E-state index contributed by atoms with van der Waals surface area (Å²) >= 11 is 0. The van der Waals surface area contributed by atoms with Crippen molar-refractivity contribution in [2.45, 2.75) is 19.4 Å². The van der Waals surface area contributed by atoms with Crippen LogP contribution in [0.2, 0.25) is 0 Å². The predicted octanol–water partition coefficient (Wildman–Crippen LogP) is 1.63. The molecule has 1 aliphatic rings. The van der Waals surface area contributed by atoms with E-state index in [1.807, 2.05) is 0 Å². The lowest BCUT2D eigenvalue weighted by Gasteiger charge is -2.29. The molecule has 1 heterocycles. The fraction of sp³-hybridized carbons (Fsp3) is 0.455. The summed E-state index contributed by atoms with van der Waals surface area (Å²) in [7, 11) is 0. The molecular weight excluding hydrogens is 160 g/mol. The number of rotatable bonds is 3. The Morgan fingerprint density at radius 3 is 2.92 bits per heavy atom. The second-order valence-electron chi connectivity index (χ2n) is 3.55. The van der Waals surface area contributed by atoms with Crippen molar-refractivity contribution in [3.8, 4) is 0 Å². The second-order valence-corrected chi connectivity index (χ2v) is 3.55. The highest BCUT2D eigenvalue weighted by atomic mass is 15.1. The summed E-state index contributed by atoms with van der Waals surface area (Å²) in [5.74, 6) is 0. The monoisotopic (exact) mass is 176 g/mol. The van der Waals surface area contributed by atoms with Gasteiger partial charge in [0.05, 0.1) is 6.04 Å². The maximum atomic E-state index is 3.49. The van der Waals surface area contributed by atoms with Gasteiger partial charge in [0.1, 0.15) is 0 Å². The highest BCUT2D eigenvalue weighted by Gasteiger charge is 2.15. The van der Waals surface area contributed by atoms with Crippen molar-refractivity contribution < 1.29 is 0 Å². The van der Waals surface area contributed by atoms with Crippen LogP contribution in [0.25, 0.3) is 0 Å². The van der Waals surface area contributed by atoms with Gasteiger partial charge in [0.2, 0.25) is 0 Å². The molecule has 0 aliphatic carbocycles. The van der Waals surface area contributed by atoms with E-state index in [-0.39, 0.29) is 0 Å². The zero-order chi connectivity index (χ0) is 9.10. The van der Waals surface area contributed by atoms with Crippen molar-refractivity contribution in [2.75, 3.05) is 18.4 Å². The molecule has 1 aromatic carbocycles. The fourth-order valence-corrected chi connectivity index (χ4v) is 1.51. The Morgan fingerprint density at radius 2 is 2.31 bits per heavy atom. The molecule has 70 valence electrons. The molecule has 0 spiro atoms. The SMILES string of the molecule is CCc1cccc(NC2CNC2)c1. The Morgan fingerprint density at radius 1 is 1.46 bits per heavy atom. The topological polar surface area (TPSA) is 24.1 Å². The van der Waals surface area contributed by atoms with Crippen LogP contribution in [-0.4, -0.2) is 19.1 Å². The first-order valence-corrected chi connectivity index (χ1v) is 4.94. The van der Waals surface area contributed by atoms with Crippen LogP contribution in [0.4, 0.5) is 5.69 Å². The molecule has 0 saturated carbocycles. The van der Waals surface area contributed by atoms with Gasteiger partial charge in [-0.25, -0.2) is 0 Å². The third kappa shape index (κ3) is 2.01. The van der Waals surface area contributed by atoms with Crippen molar-refractivity contribution in [1.29, 1.82) is 0 Å². The van der Waals surface area contributed by atoms with E-state index in [0.717, 1.165) is 19.5 Å². The van der Waals surface area contributed by atoms with E-state index in [1.54, 1.807) is 0 Å². The summed E-state index contributed by atoms with van der Waals surface area (Å²) in [6.45, 7) is 4.37. The first kappa shape index (κ1) is 8.57. The molecule has 1 aliphatic heterocycles. The number of nitrogens with one attached hydrogen (secondary N) is 2. The van der Waals surface area contributed by atoms with Gasteiger partial charge in [-0.15, -0.1) is 0 Å². The smallest absolute Gasteiger partial charge is 0.0510 e. The molecule has 0 bridgehead atoms. The predicted molar refractivity (Wildman–Crippen MR) is 56.1 cm³/mol. The highest BCUT2D eigenvalue weighted by Crippen LogP contribution is 2.13. The van der Waals surface area contributed by atoms with E-state index >= 15 is 0 Å². The van der Waals surface area contributed by atoms with Gasteiger partial charge in [0, 0.05) is 18.8 Å². The van der Waals surface area contributed by atoms with Crippen LogP contribution >= 0.6 is 0 Å². The minimum Gasteiger partial charge on any atom is -0.380 e. The van der Waals surface area contributed by atoms with Gasteiger partial charge >= 0.3 is 0 Å². The summed E-state index contributed by atoms with van der Waals surface area (Å²) < 4.78 is 0. The summed E-state index contributed by atoms with van der Waals surface area (Å²) in [4.78, 5) is 0. The third-order valence-corrected chi connectivity index (χ3v) is 2.49.